The summed E-state index contributed by atoms with van der Waals surface area (Å²) in [6, 6.07) is 9.43. The molecule has 0 atom stereocenters. The van der Waals surface area contributed by atoms with Crippen molar-refractivity contribution in [3.8, 4) is 5.75 Å². The number of amides is 1. The summed E-state index contributed by atoms with van der Waals surface area (Å²) in [6.45, 7) is 4.27. The molecule has 0 saturated carbocycles. The first-order valence-corrected chi connectivity index (χ1v) is 11.7. The van der Waals surface area contributed by atoms with Gasteiger partial charge in [0.2, 0.25) is 0 Å². The Morgan fingerprint density at radius 2 is 1.97 bits per heavy atom. The maximum atomic E-state index is 14.4. The van der Waals surface area contributed by atoms with Crippen LogP contribution in [0.5, 0.6) is 5.75 Å². The van der Waals surface area contributed by atoms with E-state index in [0.717, 1.165) is 17.7 Å². The minimum atomic E-state index is -0.552. The van der Waals surface area contributed by atoms with Crippen molar-refractivity contribution in [1.82, 2.24) is 15.7 Å². The smallest absolute Gasteiger partial charge is 0.287 e. The molecular weight excluding hydrogens is 472 g/mol. The summed E-state index contributed by atoms with van der Waals surface area (Å²) in [7, 11) is 0. The predicted molar refractivity (Wildman–Crippen MR) is 129 cm³/mol. The van der Waals surface area contributed by atoms with Crippen LogP contribution >= 0.6 is 0 Å². The number of halogens is 2. The fourth-order valence-corrected chi connectivity index (χ4v) is 4.00. The molecule has 1 saturated heterocycles. The van der Waals surface area contributed by atoms with Crippen molar-refractivity contribution in [3.63, 3.8) is 0 Å². The van der Waals surface area contributed by atoms with E-state index >= 15 is 0 Å². The summed E-state index contributed by atoms with van der Waals surface area (Å²) in [6.07, 6.45) is 4.08. The van der Waals surface area contributed by atoms with Crippen LogP contribution < -0.4 is 21.0 Å². The fourth-order valence-electron chi connectivity index (χ4n) is 4.00. The summed E-state index contributed by atoms with van der Waals surface area (Å²) in [5.41, 5.74) is 2.97. The Labute approximate surface area is 206 Å². The van der Waals surface area contributed by atoms with E-state index in [4.69, 9.17) is 14.0 Å². The summed E-state index contributed by atoms with van der Waals surface area (Å²) in [4.78, 5) is 32.0. The molecule has 190 valence electrons. The average Bonchev–Trinajstić information content (AvgIpc) is 2.86. The van der Waals surface area contributed by atoms with Gasteiger partial charge in [-0.25, -0.2) is 8.78 Å². The van der Waals surface area contributed by atoms with Crippen LogP contribution in [0, 0.1) is 11.6 Å². The lowest BCUT2D eigenvalue weighted by Gasteiger charge is -2.32. The number of carbonyl (C=O) groups is 1. The number of ether oxygens (including phenoxy) is 1. The highest BCUT2D eigenvalue weighted by molar-refractivity contribution is 5.93. The lowest BCUT2D eigenvalue weighted by molar-refractivity contribution is 0.0812. The average molecular weight is 500 g/mol. The van der Waals surface area contributed by atoms with Crippen LogP contribution in [0.4, 0.5) is 8.78 Å². The highest BCUT2D eigenvalue weighted by Crippen LogP contribution is 2.21. The SMILES string of the molecule is CCONC=COc1ccc(CN2CCC(NC(=O)c3cc(=O)c4ccc(F)cc4o3)CC2)cc1F. The monoisotopic (exact) mass is 499 g/mol. The molecule has 0 radical (unpaired) electrons. The van der Waals surface area contributed by atoms with Crippen LogP contribution in [0.25, 0.3) is 11.0 Å². The second-order valence-corrected chi connectivity index (χ2v) is 8.38. The summed E-state index contributed by atoms with van der Waals surface area (Å²) in [5.74, 6) is -1.57. The number of hydroxylamine groups is 1. The van der Waals surface area contributed by atoms with Gasteiger partial charge in [-0.2, -0.15) is 0 Å². The Hall–Kier alpha value is -3.76. The molecule has 2 aromatic carbocycles. The first-order chi connectivity index (χ1) is 17.4. The highest BCUT2D eigenvalue weighted by atomic mass is 19.1. The molecule has 4 rings (SSSR count). The molecule has 2 N–H and O–H groups in total. The normalized spacial score (nSPS) is 14.9. The Morgan fingerprint density at radius 3 is 2.72 bits per heavy atom. The molecular formula is C26H27F2N3O5. The Kier molecular flexibility index (Phi) is 8.29. The van der Waals surface area contributed by atoms with Gasteiger partial charge in [0.05, 0.1) is 18.2 Å². The molecule has 0 spiro atoms. The number of fused-ring (bicyclic) bond motifs is 1. The first kappa shape index (κ1) is 25.3. The van der Waals surface area contributed by atoms with Gasteiger partial charge in [-0.3, -0.25) is 24.8 Å². The third kappa shape index (κ3) is 6.46. The van der Waals surface area contributed by atoms with E-state index in [0.29, 0.717) is 39.1 Å². The summed E-state index contributed by atoms with van der Waals surface area (Å²) in [5, 5.41) is 3.10. The van der Waals surface area contributed by atoms with Crippen molar-refractivity contribution in [3.05, 3.63) is 88.1 Å². The van der Waals surface area contributed by atoms with Gasteiger partial charge >= 0.3 is 0 Å². The van der Waals surface area contributed by atoms with Gasteiger partial charge < -0.3 is 14.5 Å². The van der Waals surface area contributed by atoms with E-state index in [2.05, 4.69) is 15.7 Å². The van der Waals surface area contributed by atoms with Crippen LogP contribution in [-0.2, 0) is 11.4 Å². The zero-order chi connectivity index (χ0) is 25.5. The maximum Gasteiger partial charge on any atom is 0.287 e. The third-order valence-electron chi connectivity index (χ3n) is 5.80. The molecule has 1 aliphatic rings. The van der Waals surface area contributed by atoms with Crippen LogP contribution in [0.3, 0.4) is 0 Å². The van der Waals surface area contributed by atoms with E-state index < -0.39 is 23.0 Å². The van der Waals surface area contributed by atoms with Crippen molar-refractivity contribution in [2.75, 3.05) is 19.7 Å². The van der Waals surface area contributed by atoms with Crippen molar-refractivity contribution in [2.24, 2.45) is 0 Å². The lowest BCUT2D eigenvalue weighted by Crippen LogP contribution is -2.44. The standard InChI is InChI=1S/C26H27F2N3O5/c1-2-35-29-9-12-34-23-6-3-17(13-21(23)28)16-31-10-7-19(8-11-31)30-26(33)25-15-22(32)20-5-4-18(27)14-24(20)36-25/h3-6,9,12-15,19,29H,2,7-8,10-11,16H2,1H3,(H,30,33). The van der Waals surface area contributed by atoms with Crippen molar-refractivity contribution in [2.45, 2.75) is 32.4 Å². The Morgan fingerprint density at radius 1 is 1.17 bits per heavy atom. The number of piperidine rings is 1. The second-order valence-electron chi connectivity index (χ2n) is 8.38. The molecule has 8 nitrogen and oxygen atoms in total. The minimum absolute atomic E-state index is 0.0318. The van der Waals surface area contributed by atoms with Gasteiger partial charge in [-0.15, -0.1) is 0 Å². The van der Waals surface area contributed by atoms with Gasteiger partial charge in [0.1, 0.15) is 17.7 Å². The summed E-state index contributed by atoms with van der Waals surface area (Å²) < 4.78 is 38.6. The molecule has 1 aliphatic heterocycles. The molecule has 0 bridgehead atoms. The molecule has 1 amide bonds. The van der Waals surface area contributed by atoms with Gasteiger partial charge in [-0.05, 0) is 49.6 Å². The number of benzene rings is 2. The lowest BCUT2D eigenvalue weighted by atomic mass is 10.0. The fraction of sp³-hybridized carbons (Fsp3) is 0.308. The molecule has 0 unspecified atom stereocenters. The Bertz CT molecular complexity index is 1300. The Balaban J connectivity index is 1.28. The molecule has 3 aromatic rings. The zero-order valence-corrected chi connectivity index (χ0v) is 19.8. The number of rotatable bonds is 9. The topological polar surface area (TPSA) is 93.0 Å². The second kappa shape index (κ2) is 11.8. The van der Waals surface area contributed by atoms with Crippen LogP contribution in [-0.4, -0.2) is 36.5 Å². The molecule has 1 fully saturated rings. The van der Waals surface area contributed by atoms with E-state index in [1.54, 1.807) is 12.1 Å². The van der Waals surface area contributed by atoms with Crippen LogP contribution in [0.2, 0.25) is 0 Å². The van der Waals surface area contributed by atoms with Gasteiger partial charge in [0, 0.05) is 37.8 Å². The third-order valence-corrected chi connectivity index (χ3v) is 5.80. The zero-order valence-electron chi connectivity index (χ0n) is 19.8. The molecule has 1 aromatic heterocycles. The van der Waals surface area contributed by atoms with Crippen molar-refractivity contribution < 1.29 is 27.6 Å². The minimum Gasteiger partial charge on any atom is -0.460 e. The first-order valence-electron chi connectivity index (χ1n) is 11.7. The number of likely N-dealkylation sites (tertiary alicyclic amines) is 1. The van der Waals surface area contributed by atoms with Gasteiger partial charge in [0.25, 0.3) is 5.91 Å². The molecule has 0 aliphatic carbocycles. The highest BCUT2D eigenvalue weighted by Gasteiger charge is 2.23. The quantitative estimate of drug-likeness (QED) is 0.262. The summed E-state index contributed by atoms with van der Waals surface area (Å²) >= 11 is 0. The predicted octanol–water partition coefficient (Wildman–Crippen LogP) is 3.86. The van der Waals surface area contributed by atoms with E-state index in [-0.39, 0.29) is 28.5 Å². The number of carbonyl (C=O) groups excluding carboxylic acids is 1. The van der Waals surface area contributed by atoms with Crippen molar-refractivity contribution in [1.29, 1.82) is 0 Å². The molecule has 36 heavy (non-hydrogen) atoms. The van der Waals surface area contributed by atoms with Crippen LogP contribution in [0.15, 0.2) is 64.1 Å². The van der Waals surface area contributed by atoms with E-state index in [1.807, 2.05) is 6.92 Å². The van der Waals surface area contributed by atoms with Crippen LogP contribution in [0.1, 0.15) is 35.9 Å². The number of hydrogen-bond acceptors (Lipinski definition) is 7. The van der Waals surface area contributed by atoms with E-state index in [9.17, 15) is 18.4 Å². The number of hydrogen-bond donors (Lipinski definition) is 2. The van der Waals surface area contributed by atoms with Gasteiger partial charge in [-0.1, -0.05) is 6.07 Å². The maximum absolute atomic E-state index is 14.4. The van der Waals surface area contributed by atoms with Gasteiger partial charge in [0.15, 0.2) is 22.8 Å². The number of nitrogens with one attached hydrogen (secondary N) is 2. The molecule has 2 heterocycles. The molecule has 10 heteroatoms. The van der Waals surface area contributed by atoms with E-state index in [1.165, 1.54) is 30.7 Å². The largest absolute Gasteiger partial charge is 0.460 e. The van der Waals surface area contributed by atoms with Crippen molar-refractivity contribution >= 4 is 16.9 Å². The number of nitrogens with zero attached hydrogens (tertiary/aromatic N) is 1.